The van der Waals surface area contributed by atoms with Crippen LogP contribution in [0.25, 0.3) is 0 Å². The highest BCUT2D eigenvalue weighted by Crippen LogP contribution is 2.08. The summed E-state index contributed by atoms with van der Waals surface area (Å²) in [5.74, 6) is 2.89. The van der Waals surface area contributed by atoms with Crippen molar-refractivity contribution < 1.29 is 0 Å². The van der Waals surface area contributed by atoms with Crippen molar-refractivity contribution in [3.8, 4) is 0 Å². The molecule has 2 atom stereocenters. The van der Waals surface area contributed by atoms with E-state index in [2.05, 4.69) is 58.5 Å². The van der Waals surface area contributed by atoms with E-state index >= 15 is 0 Å². The number of aliphatic imine (C=N–C) groups is 2. The van der Waals surface area contributed by atoms with E-state index in [1.807, 2.05) is 0 Å². The van der Waals surface area contributed by atoms with Crippen LogP contribution in [0.15, 0.2) is 20.2 Å². The summed E-state index contributed by atoms with van der Waals surface area (Å²) in [5, 5.41) is 15.1. The minimum atomic E-state index is -0.00713. The van der Waals surface area contributed by atoms with Gasteiger partial charge in [-0.3, -0.25) is 9.98 Å². The predicted octanol–water partition coefficient (Wildman–Crippen LogP) is 3.09. The molecule has 0 saturated carbocycles. The minimum absolute atomic E-state index is 0. The molecule has 2 unspecified atom stereocenters. The Morgan fingerprint density at radius 3 is 1.32 bits per heavy atom. The number of nitrogens with one attached hydrogen (secondary N) is 2. The van der Waals surface area contributed by atoms with E-state index in [9.17, 15) is 0 Å². The molecule has 0 bridgehead atoms. The van der Waals surface area contributed by atoms with Gasteiger partial charge in [0.15, 0.2) is 12.3 Å². The fourth-order valence-corrected chi connectivity index (χ4v) is 1.88. The Balaban J connectivity index is -0.000000902. The summed E-state index contributed by atoms with van der Waals surface area (Å²) in [7, 11) is 0. The highest BCUT2D eigenvalue weighted by Gasteiger charge is 2.21. The Morgan fingerprint density at radius 1 is 0.773 bits per heavy atom. The lowest BCUT2D eigenvalue weighted by Crippen LogP contribution is -2.33. The molecule has 132 valence electrons. The van der Waals surface area contributed by atoms with Crippen LogP contribution in [0, 0.1) is 11.8 Å². The van der Waals surface area contributed by atoms with Crippen molar-refractivity contribution >= 4 is 61.3 Å². The summed E-state index contributed by atoms with van der Waals surface area (Å²) >= 11 is 0. The molecule has 10 heteroatoms. The zero-order valence-corrected chi connectivity index (χ0v) is 16.4. The second-order valence-electron chi connectivity index (χ2n) is 5.31. The molecule has 0 spiro atoms. The van der Waals surface area contributed by atoms with Crippen molar-refractivity contribution in [2.45, 2.75) is 40.0 Å². The lowest BCUT2D eigenvalue weighted by molar-refractivity contribution is 0.568. The van der Waals surface area contributed by atoms with Crippen LogP contribution < -0.4 is 10.6 Å². The highest BCUT2D eigenvalue weighted by molar-refractivity contribution is 5.86. The van der Waals surface area contributed by atoms with Gasteiger partial charge in [-0.1, -0.05) is 27.7 Å². The molecule has 0 amide bonds. The fourth-order valence-electron chi connectivity index (χ4n) is 1.88. The van der Waals surface area contributed by atoms with Crippen molar-refractivity contribution in [2.24, 2.45) is 32.0 Å². The van der Waals surface area contributed by atoms with Gasteiger partial charge in [0.05, 0.1) is 13.1 Å². The molecule has 2 rings (SSSR count). The van der Waals surface area contributed by atoms with Gasteiger partial charge in [0.25, 0.3) is 0 Å². The maximum atomic E-state index is 4.41. The van der Waals surface area contributed by atoms with Gasteiger partial charge in [0.2, 0.25) is 0 Å². The van der Waals surface area contributed by atoms with E-state index in [0.29, 0.717) is 24.9 Å². The Kier molecular flexibility index (Phi) is 14.7. The van der Waals surface area contributed by atoms with E-state index in [1.54, 1.807) is 0 Å². The fraction of sp³-hybridized carbons (Fsp3) is 0.833. The topological polar surface area (TPSA) is 73.5 Å². The van der Waals surface area contributed by atoms with Crippen LogP contribution in [0.1, 0.15) is 27.7 Å². The van der Waals surface area contributed by atoms with Crippen molar-refractivity contribution in [1.29, 1.82) is 0 Å². The quantitative estimate of drug-likeness (QED) is 0.717. The lowest BCUT2D eigenvalue weighted by atomic mass is 10.2. The van der Waals surface area contributed by atoms with E-state index in [1.165, 1.54) is 0 Å². The van der Waals surface area contributed by atoms with Gasteiger partial charge in [0, 0.05) is 11.8 Å². The van der Waals surface area contributed by atoms with Crippen molar-refractivity contribution in [2.75, 3.05) is 13.1 Å². The summed E-state index contributed by atoms with van der Waals surface area (Å²) < 4.78 is 0. The molecular formula is C12H26Cl4N6. The molecule has 2 aliphatic heterocycles. The summed E-state index contributed by atoms with van der Waals surface area (Å²) in [6.07, 6.45) is -0.0143. The monoisotopic (exact) mass is 394 g/mol. The molecule has 0 radical (unpaired) electrons. The van der Waals surface area contributed by atoms with Crippen LogP contribution >= 0.6 is 49.6 Å². The van der Waals surface area contributed by atoms with Gasteiger partial charge in [-0.25, -0.2) is 0 Å². The van der Waals surface area contributed by atoms with Crippen LogP contribution in [-0.2, 0) is 0 Å². The van der Waals surface area contributed by atoms with Gasteiger partial charge in [-0.05, 0) is 0 Å². The molecule has 0 aromatic carbocycles. The third-order valence-corrected chi connectivity index (χ3v) is 2.94. The summed E-state index contributed by atoms with van der Waals surface area (Å²) in [5.41, 5.74) is 0. The first-order valence-electron chi connectivity index (χ1n) is 6.58. The number of hydrogen-bond donors (Lipinski definition) is 2. The SMILES string of the molecule is CC(C)C1=NCC(N=NC2CN=C(C(C)C)N2)N1.Cl.Cl.Cl.Cl. The maximum absolute atomic E-state index is 4.41. The van der Waals surface area contributed by atoms with Crippen molar-refractivity contribution in [3.05, 3.63) is 0 Å². The molecular weight excluding hydrogens is 370 g/mol. The third kappa shape index (κ3) is 7.31. The first kappa shape index (κ1) is 26.6. The highest BCUT2D eigenvalue weighted by atomic mass is 35.5. The van der Waals surface area contributed by atoms with Crippen LogP contribution in [0.2, 0.25) is 0 Å². The number of halogens is 4. The van der Waals surface area contributed by atoms with E-state index < -0.39 is 0 Å². The van der Waals surface area contributed by atoms with E-state index in [0.717, 1.165) is 11.7 Å². The number of amidine groups is 2. The van der Waals surface area contributed by atoms with Crippen LogP contribution in [0.3, 0.4) is 0 Å². The van der Waals surface area contributed by atoms with E-state index in [-0.39, 0.29) is 62.0 Å². The molecule has 22 heavy (non-hydrogen) atoms. The van der Waals surface area contributed by atoms with Crippen LogP contribution in [-0.4, -0.2) is 37.1 Å². The summed E-state index contributed by atoms with van der Waals surface area (Å²) in [6.45, 7) is 9.84. The molecule has 6 nitrogen and oxygen atoms in total. The first-order chi connectivity index (χ1) is 8.56. The summed E-state index contributed by atoms with van der Waals surface area (Å²) in [4.78, 5) is 8.82. The largest absolute Gasteiger partial charge is 0.349 e. The average Bonchev–Trinajstić information content (AvgIpc) is 2.95. The molecule has 0 aliphatic carbocycles. The standard InChI is InChI=1S/C12H22N6.4ClH/c1-7(2)11-13-5-9(15-11)17-18-10-6-14-12(16-10)8(3)4;;;;/h7-10H,5-6H2,1-4H3,(H,13,15)(H,14,16);4*1H. The second-order valence-corrected chi connectivity index (χ2v) is 5.31. The van der Waals surface area contributed by atoms with Crippen molar-refractivity contribution in [3.63, 3.8) is 0 Å². The maximum Gasteiger partial charge on any atom is 0.160 e. The Labute approximate surface area is 157 Å². The lowest BCUT2D eigenvalue weighted by Gasteiger charge is -2.11. The molecule has 0 saturated heterocycles. The molecule has 0 aromatic rings. The molecule has 2 N–H and O–H groups in total. The van der Waals surface area contributed by atoms with Gasteiger partial charge in [-0.2, -0.15) is 10.2 Å². The second kappa shape index (κ2) is 12.2. The van der Waals surface area contributed by atoms with Gasteiger partial charge >= 0.3 is 0 Å². The zero-order chi connectivity index (χ0) is 13.1. The number of azo groups is 1. The first-order valence-corrected chi connectivity index (χ1v) is 6.58. The Bertz CT molecular complexity index is 361. The molecule has 0 fully saturated rings. The number of rotatable bonds is 4. The Morgan fingerprint density at radius 2 is 1.09 bits per heavy atom. The van der Waals surface area contributed by atoms with Crippen molar-refractivity contribution in [1.82, 2.24) is 10.6 Å². The van der Waals surface area contributed by atoms with Crippen LogP contribution in [0.4, 0.5) is 0 Å². The third-order valence-electron chi connectivity index (χ3n) is 2.94. The Hall–Kier alpha value is -0.300. The molecule has 0 aromatic heterocycles. The zero-order valence-electron chi connectivity index (χ0n) is 13.1. The molecule has 2 heterocycles. The normalized spacial score (nSPS) is 22.6. The van der Waals surface area contributed by atoms with Gasteiger partial charge in [-0.15, -0.1) is 49.6 Å². The summed E-state index contributed by atoms with van der Waals surface area (Å²) in [6, 6.07) is 0. The van der Waals surface area contributed by atoms with Crippen LogP contribution in [0.5, 0.6) is 0 Å². The van der Waals surface area contributed by atoms with Gasteiger partial charge < -0.3 is 10.6 Å². The average molecular weight is 396 g/mol. The molecule has 2 aliphatic rings. The smallest absolute Gasteiger partial charge is 0.160 e. The number of hydrogen-bond acceptors (Lipinski definition) is 6. The van der Waals surface area contributed by atoms with Gasteiger partial charge in [0.1, 0.15) is 11.7 Å². The predicted molar refractivity (Wildman–Crippen MR) is 102 cm³/mol. The minimum Gasteiger partial charge on any atom is -0.349 e. The number of nitrogens with zero attached hydrogens (tertiary/aromatic N) is 4. The van der Waals surface area contributed by atoms with E-state index in [4.69, 9.17) is 0 Å².